The molecule has 1 unspecified atom stereocenters. The average molecular weight is 387 g/mol. The molecule has 0 saturated carbocycles. The monoisotopic (exact) mass is 386 g/mol. The number of hydrogen-bond donors (Lipinski definition) is 0. The molecule has 4 rings (SSSR count). The van der Waals surface area contributed by atoms with Gasteiger partial charge in [-0.3, -0.25) is 9.78 Å². The quantitative estimate of drug-likeness (QED) is 0.637. The zero-order valence-corrected chi connectivity index (χ0v) is 15.4. The Morgan fingerprint density at radius 2 is 2.00 bits per heavy atom. The van der Waals surface area contributed by atoms with Crippen molar-refractivity contribution in [3.05, 3.63) is 75.9 Å². The minimum atomic E-state index is -0.221. The van der Waals surface area contributed by atoms with Crippen molar-refractivity contribution in [1.29, 1.82) is 0 Å². The van der Waals surface area contributed by atoms with Crippen LogP contribution in [-0.4, -0.2) is 35.5 Å². The summed E-state index contributed by atoms with van der Waals surface area (Å²) in [4.78, 5) is 19.1. The van der Waals surface area contributed by atoms with Gasteiger partial charge < -0.3 is 9.64 Å². The number of carbonyl (C=O) groups excluding carboxylic acids is 1. The molecule has 1 fully saturated rings. The molecule has 0 aliphatic carbocycles. The first kappa shape index (κ1) is 17.3. The Balaban J connectivity index is 1.56. The Hall–Kier alpha value is -2.14. The number of fused-ring (bicyclic) bond motifs is 1. The molecule has 0 radical (unpaired) electrons. The smallest absolute Gasteiger partial charge is 0.254 e. The van der Waals surface area contributed by atoms with Crippen molar-refractivity contribution in [2.45, 2.75) is 6.10 Å². The van der Waals surface area contributed by atoms with E-state index in [2.05, 4.69) is 4.98 Å². The van der Waals surface area contributed by atoms with Crippen molar-refractivity contribution in [2.24, 2.45) is 0 Å². The molecule has 1 aliphatic heterocycles. The number of rotatable bonds is 2. The Morgan fingerprint density at radius 3 is 2.85 bits per heavy atom. The number of pyridine rings is 1. The summed E-state index contributed by atoms with van der Waals surface area (Å²) in [5, 5.41) is 2.00. The van der Waals surface area contributed by atoms with E-state index in [4.69, 9.17) is 27.9 Å². The molecule has 2 aromatic carbocycles. The van der Waals surface area contributed by atoms with Crippen LogP contribution in [0.1, 0.15) is 22.0 Å². The van der Waals surface area contributed by atoms with Gasteiger partial charge in [-0.2, -0.15) is 0 Å². The van der Waals surface area contributed by atoms with Crippen molar-refractivity contribution in [1.82, 2.24) is 9.88 Å². The van der Waals surface area contributed by atoms with Crippen molar-refractivity contribution in [3.63, 3.8) is 0 Å². The lowest BCUT2D eigenvalue weighted by Gasteiger charge is -2.33. The van der Waals surface area contributed by atoms with Crippen LogP contribution in [-0.2, 0) is 4.74 Å². The molecular weight excluding hydrogens is 371 g/mol. The summed E-state index contributed by atoms with van der Waals surface area (Å²) < 4.78 is 5.84. The van der Waals surface area contributed by atoms with Gasteiger partial charge in [0.15, 0.2) is 0 Å². The van der Waals surface area contributed by atoms with E-state index in [0.717, 1.165) is 16.5 Å². The highest BCUT2D eigenvalue weighted by molar-refractivity contribution is 6.42. The molecule has 0 N–H and O–H groups in total. The minimum absolute atomic E-state index is 0.0223. The van der Waals surface area contributed by atoms with Crippen LogP contribution in [0.15, 0.2) is 54.7 Å². The van der Waals surface area contributed by atoms with Crippen LogP contribution < -0.4 is 0 Å². The molecule has 2 heterocycles. The SMILES string of the molecule is O=C(c1ccc2cccnc2c1)N1CCOC(c2ccc(Cl)c(Cl)c2)C1. The van der Waals surface area contributed by atoms with Gasteiger partial charge in [0.2, 0.25) is 0 Å². The Labute approximate surface area is 161 Å². The maximum absolute atomic E-state index is 12.9. The second kappa shape index (κ2) is 7.23. The predicted octanol–water partition coefficient (Wildman–Crippen LogP) is 4.76. The number of benzene rings is 2. The molecule has 3 aromatic rings. The summed E-state index contributed by atoms with van der Waals surface area (Å²) in [7, 11) is 0. The van der Waals surface area contributed by atoms with Crippen LogP contribution in [0.2, 0.25) is 10.0 Å². The normalized spacial score (nSPS) is 17.5. The standard InChI is InChI=1S/C20H16Cl2N2O2/c21-16-6-5-14(10-17(16)22)19-12-24(8-9-26-19)20(25)15-4-3-13-2-1-7-23-18(13)11-15/h1-7,10-11,19H,8-9,12H2. The molecule has 0 spiro atoms. The van der Waals surface area contributed by atoms with Crippen LogP contribution in [0.3, 0.4) is 0 Å². The fourth-order valence-corrected chi connectivity index (χ4v) is 3.44. The van der Waals surface area contributed by atoms with Crippen molar-refractivity contribution < 1.29 is 9.53 Å². The van der Waals surface area contributed by atoms with Crippen molar-refractivity contribution >= 4 is 40.0 Å². The fourth-order valence-electron chi connectivity index (χ4n) is 3.13. The summed E-state index contributed by atoms with van der Waals surface area (Å²) in [6.45, 7) is 1.50. The molecule has 1 saturated heterocycles. The second-order valence-corrected chi connectivity index (χ2v) is 7.01. The molecule has 4 nitrogen and oxygen atoms in total. The molecule has 1 aliphatic rings. The lowest BCUT2D eigenvalue weighted by Crippen LogP contribution is -2.42. The second-order valence-electron chi connectivity index (χ2n) is 6.20. The van der Waals surface area contributed by atoms with E-state index in [1.165, 1.54) is 0 Å². The van der Waals surface area contributed by atoms with Crippen molar-refractivity contribution in [3.8, 4) is 0 Å². The third-order valence-corrected chi connectivity index (χ3v) is 5.26. The lowest BCUT2D eigenvalue weighted by atomic mass is 10.1. The molecular formula is C20H16Cl2N2O2. The molecule has 1 amide bonds. The maximum Gasteiger partial charge on any atom is 0.254 e. The number of nitrogens with zero attached hydrogens (tertiary/aromatic N) is 2. The first-order valence-corrected chi connectivity index (χ1v) is 9.08. The Morgan fingerprint density at radius 1 is 1.12 bits per heavy atom. The topological polar surface area (TPSA) is 42.4 Å². The number of ether oxygens (including phenoxy) is 1. The van der Waals surface area contributed by atoms with Gasteiger partial charge in [0.25, 0.3) is 5.91 Å². The van der Waals surface area contributed by atoms with Crippen LogP contribution in [0.5, 0.6) is 0 Å². The van der Waals surface area contributed by atoms with Crippen LogP contribution in [0.4, 0.5) is 0 Å². The zero-order valence-electron chi connectivity index (χ0n) is 13.9. The van der Waals surface area contributed by atoms with Crippen LogP contribution in [0, 0.1) is 0 Å². The summed E-state index contributed by atoms with van der Waals surface area (Å²) in [6, 6.07) is 14.9. The van der Waals surface area contributed by atoms with Gasteiger partial charge in [0.05, 0.1) is 28.7 Å². The van der Waals surface area contributed by atoms with E-state index in [1.807, 2.05) is 36.4 Å². The number of amides is 1. The highest BCUT2D eigenvalue weighted by atomic mass is 35.5. The third kappa shape index (κ3) is 3.40. The van der Waals surface area contributed by atoms with Gasteiger partial charge in [-0.1, -0.05) is 41.4 Å². The maximum atomic E-state index is 12.9. The number of aromatic nitrogens is 1. The number of carbonyl (C=O) groups is 1. The third-order valence-electron chi connectivity index (χ3n) is 4.52. The van der Waals surface area contributed by atoms with Crippen LogP contribution in [0.25, 0.3) is 10.9 Å². The Bertz CT molecular complexity index is 977. The summed E-state index contributed by atoms with van der Waals surface area (Å²) in [5.74, 6) is -0.0223. The van der Waals surface area contributed by atoms with E-state index in [1.54, 1.807) is 23.2 Å². The number of halogens is 2. The largest absolute Gasteiger partial charge is 0.370 e. The van der Waals surface area contributed by atoms with Gasteiger partial charge in [0, 0.05) is 23.7 Å². The predicted molar refractivity (Wildman–Crippen MR) is 103 cm³/mol. The van der Waals surface area contributed by atoms with E-state index in [0.29, 0.717) is 35.3 Å². The van der Waals surface area contributed by atoms with Gasteiger partial charge in [-0.25, -0.2) is 0 Å². The van der Waals surface area contributed by atoms with Gasteiger partial charge in [-0.05, 0) is 35.9 Å². The van der Waals surface area contributed by atoms with Crippen LogP contribution >= 0.6 is 23.2 Å². The first-order valence-electron chi connectivity index (χ1n) is 8.32. The number of hydrogen-bond acceptors (Lipinski definition) is 3. The molecule has 132 valence electrons. The lowest BCUT2D eigenvalue weighted by molar-refractivity contribution is -0.0228. The van der Waals surface area contributed by atoms with Gasteiger partial charge >= 0.3 is 0 Å². The van der Waals surface area contributed by atoms with E-state index in [-0.39, 0.29) is 12.0 Å². The Kier molecular flexibility index (Phi) is 4.81. The molecule has 6 heteroatoms. The summed E-state index contributed by atoms with van der Waals surface area (Å²) in [6.07, 6.45) is 1.51. The summed E-state index contributed by atoms with van der Waals surface area (Å²) in [5.41, 5.74) is 2.36. The molecule has 26 heavy (non-hydrogen) atoms. The fraction of sp³-hybridized carbons (Fsp3) is 0.200. The zero-order chi connectivity index (χ0) is 18.1. The molecule has 1 aromatic heterocycles. The van der Waals surface area contributed by atoms with Crippen molar-refractivity contribution in [2.75, 3.05) is 19.7 Å². The van der Waals surface area contributed by atoms with E-state index >= 15 is 0 Å². The van der Waals surface area contributed by atoms with E-state index in [9.17, 15) is 4.79 Å². The van der Waals surface area contributed by atoms with E-state index < -0.39 is 0 Å². The molecule has 1 atom stereocenters. The van der Waals surface area contributed by atoms with Gasteiger partial charge in [-0.15, -0.1) is 0 Å². The number of morpholine rings is 1. The first-order chi connectivity index (χ1) is 12.6. The van der Waals surface area contributed by atoms with Gasteiger partial charge in [0.1, 0.15) is 6.10 Å². The molecule has 0 bridgehead atoms. The summed E-state index contributed by atoms with van der Waals surface area (Å²) >= 11 is 12.1. The average Bonchev–Trinajstić information content (AvgIpc) is 2.69. The highest BCUT2D eigenvalue weighted by Crippen LogP contribution is 2.29. The highest BCUT2D eigenvalue weighted by Gasteiger charge is 2.26. The minimum Gasteiger partial charge on any atom is -0.370 e.